The van der Waals surface area contributed by atoms with Crippen molar-refractivity contribution in [2.75, 3.05) is 0 Å². The standard InChI is InChI=1S/C20H16N2O3S2/c1-11(23)16-17-13-7-3-4-8-14(13)25-20(16,2)21-19-22(17)18(24)15(27-19)10-12-6-5-9-26-12/h3-10,16-17H,1-2H3/b15-10-/t16-,17+,20+/m0/s1. The van der Waals surface area contributed by atoms with E-state index < -0.39 is 17.7 Å². The number of thiophene rings is 1. The second kappa shape index (κ2) is 5.74. The van der Waals surface area contributed by atoms with Crippen LogP contribution in [-0.4, -0.2) is 16.1 Å². The first-order chi connectivity index (χ1) is 13.0. The number of carbonyl (C=O) groups excluding carboxylic acids is 1. The van der Waals surface area contributed by atoms with Gasteiger partial charge in [0.25, 0.3) is 5.56 Å². The Bertz CT molecular complexity index is 1240. The Morgan fingerprint density at radius 3 is 2.85 bits per heavy atom. The van der Waals surface area contributed by atoms with Crippen LogP contribution in [0, 0.1) is 5.92 Å². The number of fused-ring (bicyclic) bond motifs is 6. The Balaban J connectivity index is 1.85. The van der Waals surface area contributed by atoms with Crippen LogP contribution >= 0.6 is 22.7 Å². The largest absolute Gasteiger partial charge is 0.465 e. The summed E-state index contributed by atoms with van der Waals surface area (Å²) in [6.07, 6.45) is 1.89. The molecular weight excluding hydrogens is 380 g/mol. The second-order valence-electron chi connectivity index (χ2n) is 6.92. The molecule has 0 saturated carbocycles. The van der Waals surface area contributed by atoms with Crippen LogP contribution in [0.15, 0.2) is 51.6 Å². The molecule has 5 nitrogen and oxygen atoms in total. The van der Waals surface area contributed by atoms with E-state index in [4.69, 9.17) is 9.73 Å². The van der Waals surface area contributed by atoms with Crippen LogP contribution in [0.3, 0.4) is 0 Å². The van der Waals surface area contributed by atoms with E-state index in [9.17, 15) is 9.59 Å². The minimum atomic E-state index is -1.01. The van der Waals surface area contributed by atoms with Crippen molar-refractivity contribution in [1.29, 1.82) is 0 Å². The van der Waals surface area contributed by atoms with Gasteiger partial charge in [-0.25, -0.2) is 4.99 Å². The fourth-order valence-electron chi connectivity index (χ4n) is 4.06. The Kier molecular flexibility index (Phi) is 3.54. The van der Waals surface area contributed by atoms with Crippen molar-refractivity contribution in [2.24, 2.45) is 10.9 Å². The average molecular weight is 396 g/mol. The van der Waals surface area contributed by atoms with Gasteiger partial charge < -0.3 is 4.74 Å². The zero-order valence-corrected chi connectivity index (χ0v) is 16.3. The van der Waals surface area contributed by atoms with Crippen LogP contribution in [0.5, 0.6) is 5.75 Å². The summed E-state index contributed by atoms with van der Waals surface area (Å²) in [4.78, 5) is 32.2. The number of para-hydroxylation sites is 1. The van der Waals surface area contributed by atoms with Gasteiger partial charge >= 0.3 is 0 Å². The number of aromatic nitrogens is 1. The first-order valence-electron chi connectivity index (χ1n) is 8.63. The van der Waals surface area contributed by atoms with Gasteiger partial charge in [0.2, 0.25) is 5.72 Å². The van der Waals surface area contributed by atoms with Crippen LogP contribution in [0.1, 0.15) is 30.3 Å². The summed E-state index contributed by atoms with van der Waals surface area (Å²) in [6.45, 7) is 3.38. The Labute approximate surface area is 162 Å². The van der Waals surface area contributed by atoms with E-state index in [1.54, 1.807) is 22.8 Å². The Hall–Kier alpha value is -2.51. The zero-order valence-electron chi connectivity index (χ0n) is 14.7. The van der Waals surface area contributed by atoms with E-state index in [2.05, 4.69) is 0 Å². The third kappa shape index (κ3) is 2.38. The third-order valence-electron chi connectivity index (χ3n) is 5.13. The summed E-state index contributed by atoms with van der Waals surface area (Å²) in [5.74, 6) is 0.105. The van der Waals surface area contributed by atoms with Crippen LogP contribution in [0.25, 0.3) is 6.08 Å². The van der Waals surface area contributed by atoms with E-state index in [-0.39, 0.29) is 11.3 Å². The van der Waals surface area contributed by atoms with E-state index in [0.717, 1.165) is 10.4 Å². The summed E-state index contributed by atoms with van der Waals surface area (Å²) in [7, 11) is 0. The SMILES string of the molecule is CC(=O)[C@H]1[C@H]2c3ccccc3O[C@@]1(C)N=c1s/c(=C\c3cccs3)c(=O)n12. The number of nitrogens with zero attached hydrogens (tertiary/aromatic N) is 2. The maximum absolute atomic E-state index is 13.3. The maximum atomic E-state index is 13.3. The third-order valence-corrected chi connectivity index (χ3v) is 6.94. The summed E-state index contributed by atoms with van der Waals surface area (Å²) in [5, 5.41) is 1.98. The zero-order chi connectivity index (χ0) is 18.8. The van der Waals surface area contributed by atoms with Gasteiger partial charge in [0.15, 0.2) is 4.80 Å². The molecule has 3 aromatic rings. The van der Waals surface area contributed by atoms with Crippen molar-refractivity contribution < 1.29 is 9.53 Å². The van der Waals surface area contributed by atoms with Gasteiger partial charge in [0, 0.05) is 10.4 Å². The lowest BCUT2D eigenvalue weighted by Gasteiger charge is -2.45. The Morgan fingerprint density at radius 2 is 2.11 bits per heavy atom. The van der Waals surface area contributed by atoms with Crippen LogP contribution < -0.4 is 19.6 Å². The van der Waals surface area contributed by atoms with Gasteiger partial charge in [-0.15, -0.1) is 11.3 Å². The molecule has 0 unspecified atom stereocenters. The van der Waals surface area contributed by atoms with Crippen LogP contribution in [0.2, 0.25) is 0 Å². The molecule has 0 saturated heterocycles. The normalized spacial score (nSPS) is 25.9. The van der Waals surface area contributed by atoms with Gasteiger partial charge in [0.1, 0.15) is 17.5 Å². The molecule has 2 aliphatic heterocycles. The van der Waals surface area contributed by atoms with Gasteiger partial charge in [-0.05, 0) is 37.4 Å². The fourth-order valence-corrected chi connectivity index (χ4v) is 5.88. The molecular formula is C20H16N2O3S2. The molecule has 0 spiro atoms. The molecule has 0 aliphatic carbocycles. The average Bonchev–Trinajstić information content (AvgIpc) is 3.22. The molecule has 1 aromatic carbocycles. The van der Waals surface area contributed by atoms with Crippen molar-refractivity contribution in [2.45, 2.75) is 25.6 Å². The van der Waals surface area contributed by atoms with E-state index in [1.165, 1.54) is 11.3 Å². The lowest BCUT2D eigenvalue weighted by Crippen LogP contribution is -2.58. The van der Waals surface area contributed by atoms with Crippen LogP contribution in [0.4, 0.5) is 0 Å². The number of thiazole rings is 1. The molecule has 2 aliphatic rings. The summed E-state index contributed by atoms with van der Waals surface area (Å²) in [5.41, 5.74) is -0.265. The highest BCUT2D eigenvalue weighted by molar-refractivity contribution is 7.11. The predicted octanol–water partition coefficient (Wildman–Crippen LogP) is 2.34. The number of ether oxygens (including phenoxy) is 1. The van der Waals surface area contributed by atoms with Crippen molar-refractivity contribution >= 4 is 34.5 Å². The molecule has 136 valence electrons. The maximum Gasteiger partial charge on any atom is 0.270 e. The number of hydrogen-bond donors (Lipinski definition) is 0. The highest BCUT2D eigenvalue weighted by Crippen LogP contribution is 2.47. The molecule has 2 bridgehead atoms. The van der Waals surface area contributed by atoms with E-state index in [0.29, 0.717) is 15.1 Å². The molecule has 2 aromatic heterocycles. The van der Waals surface area contributed by atoms with Crippen molar-refractivity contribution in [1.82, 2.24) is 4.57 Å². The monoisotopic (exact) mass is 396 g/mol. The molecule has 0 radical (unpaired) electrons. The molecule has 4 heterocycles. The van der Waals surface area contributed by atoms with Crippen molar-refractivity contribution in [3.63, 3.8) is 0 Å². The first-order valence-corrected chi connectivity index (χ1v) is 10.3. The highest BCUT2D eigenvalue weighted by Gasteiger charge is 2.53. The molecule has 0 N–H and O–H groups in total. The van der Waals surface area contributed by atoms with Crippen LogP contribution in [-0.2, 0) is 4.79 Å². The molecule has 5 rings (SSSR count). The number of rotatable bonds is 2. The van der Waals surface area contributed by atoms with Crippen molar-refractivity contribution in [3.8, 4) is 5.75 Å². The summed E-state index contributed by atoms with van der Waals surface area (Å²) >= 11 is 2.93. The minimum Gasteiger partial charge on any atom is -0.465 e. The van der Waals surface area contributed by atoms with E-state index >= 15 is 0 Å². The number of ketones is 1. The van der Waals surface area contributed by atoms with Gasteiger partial charge in [-0.3, -0.25) is 14.2 Å². The minimum absolute atomic E-state index is 0.0340. The van der Waals surface area contributed by atoms with Gasteiger partial charge in [0.05, 0.1) is 10.6 Å². The molecule has 0 fully saturated rings. The lowest BCUT2D eigenvalue weighted by atomic mass is 9.79. The Morgan fingerprint density at radius 1 is 1.30 bits per heavy atom. The number of carbonyl (C=O) groups is 1. The molecule has 3 atom stereocenters. The summed E-state index contributed by atoms with van der Waals surface area (Å²) < 4.78 is 8.47. The second-order valence-corrected chi connectivity index (χ2v) is 8.91. The van der Waals surface area contributed by atoms with Gasteiger partial charge in [-0.1, -0.05) is 35.6 Å². The van der Waals surface area contributed by atoms with Crippen molar-refractivity contribution in [3.05, 3.63) is 71.9 Å². The number of benzene rings is 1. The smallest absolute Gasteiger partial charge is 0.270 e. The topological polar surface area (TPSA) is 60.7 Å². The fraction of sp³-hybridized carbons (Fsp3) is 0.250. The first kappa shape index (κ1) is 16.6. The quantitative estimate of drug-likeness (QED) is 0.668. The molecule has 0 amide bonds. The highest BCUT2D eigenvalue weighted by atomic mass is 32.1. The number of hydrogen-bond acceptors (Lipinski definition) is 6. The lowest BCUT2D eigenvalue weighted by molar-refractivity contribution is -0.132. The summed E-state index contributed by atoms with van der Waals surface area (Å²) in [6, 6.07) is 11.1. The number of Topliss-reactive ketones (excluding diaryl/α,β-unsaturated/α-hetero) is 1. The van der Waals surface area contributed by atoms with Gasteiger partial charge in [-0.2, -0.15) is 0 Å². The molecule has 7 heteroatoms. The predicted molar refractivity (Wildman–Crippen MR) is 105 cm³/mol. The van der Waals surface area contributed by atoms with E-state index in [1.807, 2.05) is 54.8 Å². The molecule has 27 heavy (non-hydrogen) atoms.